The Morgan fingerprint density at radius 3 is 2.30 bits per heavy atom. The summed E-state index contributed by atoms with van der Waals surface area (Å²) >= 11 is 0. The predicted octanol–water partition coefficient (Wildman–Crippen LogP) is 4.92. The number of carbonyl (C=O) groups excluding carboxylic acids is 2. The van der Waals surface area contributed by atoms with Gasteiger partial charge in [0.1, 0.15) is 23.1 Å². The van der Waals surface area contributed by atoms with Gasteiger partial charge in [-0.15, -0.1) is 0 Å². The van der Waals surface area contributed by atoms with Gasteiger partial charge >= 0.3 is 0 Å². The van der Waals surface area contributed by atoms with Crippen molar-refractivity contribution in [3.05, 3.63) is 94.8 Å². The zero-order chi connectivity index (χ0) is 26.7. The average molecular weight is 505 g/mol. The van der Waals surface area contributed by atoms with Crippen molar-refractivity contribution in [3.8, 4) is 11.5 Å². The van der Waals surface area contributed by atoms with E-state index < -0.39 is 29.3 Å². The third-order valence-corrected chi connectivity index (χ3v) is 6.27. The quantitative estimate of drug-likeness (QED) is 0.267. The second-order valence-electron chi connectivity index (χ2n) is 8.83. The maximum Gasteiger partial charge on any atom is 0.295 e. The van der Waals surface area contributed by atoms with Crippen LogP contribution in [-0.4, -0.2) is 49.5 Å². The number of benzene rings is 3. The highest BCUT2D eigenvalue weighted by atomic mass is 19.1. The van der Waals surface area contributed by atoms with Crippen LogP contribution >= 0.6 is 0 Å². The number of carbonyl (C=O) groups is 2. The molecule has 3 aromatic carbocycles. The fourth-order valence-corrected chi connectivity index (χ4v) is 4.41. The van der Waals surface area contributed by atoms with Gasteiger partial charge in [0.2, 0.25) is 0 Å². The lowest BCUT2D eigenvalue weighted by Crippen LogP contribution is -2.29. The van der Waals surface area contributed by atoms with Gasteiger partial charge in [0.25, 0.3) is 11.7 Å². The molecule has 3 aromatic rings. The molecule has 1 unspecified atom stereocenters. The third-order valence-electron chi connectivity index (χ3n) is 6.27. The summed E-state index contributed by atoms with van der Waals surface area (Å²) in [7, 11) is 5.19. The molecule has 0 bridgehead atoms. The minimum atomic E-state index is -0.893. The Kier molecular flexibility index (Phi) is 7.47. The summed E-state index contributed by atoms with van der Waals surface area (Å²) in [6.45, 7) is 2.54. The van der Waals surface area contributed by atoms with Crippen molar-refractivity contribution in [2.45, 2.75) is 19.5 Å². The molecule has 7 nitrogen and oxygen atoms in total. The number of likely N-dealkylation sites (tertiary alicyclic amines) is 1. The number of aliphatic hydroxyl groups is 1. The van der Waals surface area contributed by atoms with Gasteiger partial charge in [0.05, 0.1) is 30.9 Å². The molecule has 1 heterocycles. The van der Waals surface area contributed by atoms with Crippen LogP contribution in [-0.2, 0) is 16.1 Å². The van der Waals surface area contributed by atoms with Gasteiger partial charge in [-0.25, -0.2) is 4.39 Å². The monoisotopic (exact) mass is 504 g/mol. The number of ether oxygens (including phenoxy) is 2. The molecule has 1 atom stereocenters. The van der Waals surface area contributed by atoms with E-state index in [9.17, 15) is 19.1 Å². The molecule has 8 heteroatoms. The van der Waals surface area contributed by atoms with Crippen LogP contribution < -0.4 is 14.4 Å². The number of rotatable bonds is 8. The number of hydrogen-bond acceptors (Lipinski definition) is 6. The average Bonchev–Trinajstić information content (AvgIpc) is 3.14. The van der Waals surface area contributed by atoms with Gasteiger partial charge in [-0.2, -0.15) is 0 Å². The first kappa shape index (κ1) is 25.8. The molecule has 192 valence electrons. The van der Waals surface area contributed by atoms with Crippen LogP contribution in [0.1, 0.15) is 29.7 Å². The lowest BCUT2D eigenvalue weighted by molar-refractivity contribution is -0.140. The van der Waals surface area contributed by atoms with E-state index in [2.05, 4.69) is 0 Å². The fourth-order valence-electron chi connectivity index (χ4n) is 4.41. The zero-order valence-electron chi connectivity index (χ0n) is 21.2. The first-order valence-electron chi connectivity index (χ1n) is 11.9. The highest BCUT2D eigenvalue weighted by Crippen LogP contribution is 2.42. The molecule has 37 heavy (non-hydrogen) atoms. The number of anilines is 1. The van der Waals surface area contributed by atoms with E-state index in [1.165, 1.54) is 24.1 Å². The van der Waals surface area contributed by atoms with Crippen molar-refractivity contribution in [1.82, 2.24) is 4.90 Å². The molecule has 0 aliphatic carbocycles. The maximum atomic E-state index is 14.1. The molecule has 1 aliphatic rings. The Labute approximate surface area is 215 Å². The highest BCUT2D eigenvalue weighted by molar-refractivity contribution is 6.46. The predicted molar refractivity (Wildman–Crippen MR) is 139 cm³/mol. The number of hydrogen-bond donors (Lipinski definition) is 1. The SMILES string of the molecule is CCOc1ccc(CN2C(=O)C(=O)/C(=C(/O)c3cc(F)ccc3OC)C2c2ccc(N(C)C)cc2)cc1. The molecule has 1 N–H and O–H groups in total. The van der Waals surface area contributed by atoms with Crippen molar-refractivity contribution < 1.29 is 28.6 Å². The molecular formula is C29H29FN2O5. The summed E-state index contributed by atoms with van der Waals surface area (Å²) in [5, 5.41) is 11.3. The summed E-state index contributed by atoms with van der Waals surface area (Å²) in [6, 6.07) is 17.4. The van der Waals surface area contributed by atoms with E-state index in [0.717, 1.165) is 17.3 Å². The van der Waals surface area contributed by atoms with Gasteiger partial charge in [-0.1, -0.05) is 24.3 Å². The molecule has 0 aromatic heterocycles. The van der Waals surface area contributed by atoms with Crippen molar-refractivity contribution in [3.63, 3.8) is 0 Å². The minimum absolute atomic E-state index is 0.00326. The lowest BCUT2D eigenvalue weighted by atomic mass is 9.94. The Bertz CT molecular complexity index is 1330. The molecule has 0 radical (unpaired) electrons. The van der Waals surface area contributed by atoms with Gasteiger partial charge in [-0.05, 0) is 60.5 Å². The number of ketones is 1. The van der Waals surface area contributed by atoms with Crippen LogP contribution in [0.25, 0.3) is 5.76 Å². The van der Waals surface area contributed by atoms with E-state index >= 15 is 0 Å². The standard InChI is InChI=1S/C29H29FN2O5/c1-5-37-22-13-6-18(7-14-22)17-32-26(19-8-11-21(12-9-19)31(2)3)25(28(34)29(32)35)27(33)23-16-20(30)10-15-24(23)36-4/h6-16,26,33H,5,17H2,1-4H3/b27-25+. The Morgan fingerprint density at radius 2 is 1.70 bits per heavy atom. The van der Waals surface area contributed by atoms with Gasteiger partial charge < -0.3 is 24.4 Å². The van der Waals surface area contributed by atoms with Gasteiger partial charge in [0, 0.05) is 26.3 Å². The molecule has 4 rings (SSSR count). The summed E-state index contributed by atoms with van der Waals surface area (Å²) in [6.07, 6.45) is 0. The topological polar surface area (TPSA) is 79.3 Å². The smallest absolute Gasteiger partial charge is 0.295 e. The fraction of sp³-hybridized carbons (Fsp3) is 0.241. The van der Waals surface area contributed by atoms with Crippen LogP contribution in [0.5, 0.6) is 11.5 Å². The van der Waals surface area contributed by atoms with Crippen LogP contribution in [0.15, 0.2) is 72.3 Å². The number of amides is 1. The van der Waals surface area contributed by atoms with E-state index in [0.29, 0.717) is 17.9 Å². The minimum Gasteiger partial charge on any atom is -0.507 e. The third kappa shape index (κ3) is 5.14. The molecular weight excluding hydrogens is 475 g/mol. The molecule has 0 saturated carbocycles. The summed E-state index contributed by atoms with van der Waals surface area (Å²) in [4.78, 5) is 30.0. The Hall–Kier alpha value is -4.33. The van der Waals surface area contributed by atoms with Crippen LogP contribution in [0, 0.1) is 5.82 Å². The number of halogens is 1. The summed E-state index contributed by atoms with van der Waals surface area (Å²) in [5.41, 5.74) is 2.21. The van der Waals surface area contributed by atoms with Gasteiger partial charge in [-0.3, -0.25) is 9.59 Å². The van der Waals surface area contributed by atoms with E-state index in [1.807, 2.05) is 62.3 Å². The molecule has 1 fully saturated rings. The largest absolute Gasteiger partial charge is 0.507 e. The number of aliphatic hydroxyl groups excluding tert-OH is 1. The van der Waals surface area contributed by atoms with Gasteiger partial charge in [0.15, 0.2) is 0 Å². The zero-order valence-corrected chi connectivity index (χ0v) is 21.2. The Balaban J connectivity index is 1.84. The van der Waals surface area contributed by atoms with Crippen LogP contribution in [0.4, 0.5) is 10.1 Å². The maximum absolute atomic E-state index is 14.1. The van der Waals surface area contributed by atoms with E-state index in [1.54, 1.807) is 12.1 Å². The highest BCUT2D eigenvalue weighted by Gasteiger charge is 2.46. The Morgan fingerprint density at radius 1 is 1.03 bits per heavy atom. The lowest BCUT2D eigenvalue weighted by Gasteiger charge is -2.26. The normalized spacial score (nSPS) is 16.7. The first-order chi connectivity index (χ1) is 17.7. The first-order valence-corrected chi connectivity index (χ1v) is 11.9. The molecule has 1 aliphatic heterocycles. The van der Waals surface area contributed by atoms with E-state index in [4.69, 9.17) is 9.47 Å². The second-order valence-corrected chi connectivity index (χ2v) is 8.83. The molecule has 0 spiro atoms. The number of nitrogens with zero attached hydrogens (tertiary/aromatic N) is 2. The van der Waals surface area contributed by atoms with Crippen molar-refractivity contribution >= 4 is 23.1 Å². The van der Waals surface area contributed by atoms with Crippen molar-refractivity contribution in [1.29, 1.82) is 0 Å². The van der Waals surface area contributed by atoms with Crippen molar-refractivity contribution in [2.24, 2.45) is 0 Å². The van der Waals surface area contributed by atoms with Crippen LogP contribution in [0.3, 0.4) is 0 Å². The van der Waals surface area contributed by atoms with E-state index in [-0.39, 0.29) is 23.4 Å². The molecule has 1 amide bonds. The second kappa shape index (κ2) is 10.7. The van der Waals surface area contributed by atoms with Crippen LogP contribution in [0.2, 0.25) is 0 Å². The van der Waals surface area contributed by atoms with Crippen molar-refractivity contribution in [2.75, 3.05) is 32.7 Å². The number of methoxy groups -OCH3 is 1. The summed E-state index contributed by atoms with van der Waals surface area (Å²) < 4.78 is 24.9. The number of Topliss-reactive ketones (excluding diaryl/α,β-unsaturated/α-hetero) is 1. The molecule has 1 saturated heterocycles. The summed E-state index contributed by atoms with van der Waals surface area (Å²) in [5.74, 6) is -1.84.